The monoisotopic (exact) mass is 241 g/mol. The minimum atomic E-state index is -0.674. The molecule has 94 valence electrons. The third kappa shape index (κ3) is 2.47. The number of benzene rings is 1. The van der Waals surface area contributed by atoms with Crippen LogP contribution < -0.4 is 0 Å². The standard InChI is InChI=1S/C16H19NO/c1-12(2)14-9-10-16(3,11-17)18-15(14)13-7-5-4-6-8-13/h4-8,14-15H,1,9-10H2,2-3H3/t14-,15-,16-/m1/s1. The van der Waals surface area contributed by atoms with Gasteiger partial charge in [0.1, 0.15) is 0 Å². The maximum Gasteiger partial charge on any atom is 0.152 e. The van der Waals surface area contributed by atoms with E-state index >= 15 is 0 Å². The van der Waals surface area contributed by atoms with Gasteiger partial charge in [0.15, 0.2) is 5.60 Å². The Bertz CT molecular complexity index is 474. The van der Waals surface area contributed by atoms with Gasteiger partial charge in [0.2, 0.25) is 0 Å². The molecule has 1 heterocycles. The summed E-state index contributed by atoms with van der Waals surface area (Å²) in [6.45, 7) is 7.98. The van der Waals surface area contributed by atoms with Crippen LogP contribution in [0.1, 0.15) is 38.4 Å². The van der Waals surface area contributed by atoms with E-state index in [9.17, 15) is 5.26 Å². The van der Waals surface area contributed by atoms with Gasteiger partial charge in [-0.05, 0) is 32.3 Å². The molecule has 1 saturated heterocycles. The van der Waals surface area contributed by atoms with Crippen molar-refractivity contribution in [2.75, 3.05) is 0 Å². The van der Waals surface area contributed by atoms with E-state index in [1.165, 1.54) is 0 Å². The van der Waals surface area contributed by atoms with Crippen LogP contribution in [0.3, 0.4) is 0 Å². The molecule has 1 aliphatic heterocycles. The van der Waals surface area contributed by atoms with Crippen molar-refractivity contribution in [3.8, 4) is 6.07 Å². The topological polar surface area (TPSA) is 33.0 Å². The van der Waals surface area contributed by atoms with Gasteiger partial charge in [-0.2, -0.15) is 5.26 Å². The summed E-state index contributed by atoms with van der Waals surface area (Å²) in [6, 6.07) is 12.4. The van der Waals surface area contributed by atoms with Crippen molar-refractivity contribution in [1.82, 2.24) is 0 Å². The van der Waals surface area contributed by atoms with Crippen LogP contribution in [0.15, 0.2) is 42.5 Å². The van der Waals surface area contributed by atoms with Crippen LogP contribution >= 0.6 is 0 Å². The van der Waals surface area contributed by atoms with Crippen molar-refractivity contribution in [2.45, 2.75) is 38.4 Å². The molecule has 0 spiro atoms. The highest BCUT2D eigenvalue weighted by Gasteiger charge is 2.39. The molecule has 1 aliphatic rings. The number of nitrogens with zero attached hydrogens (tertiary/aromatic N) is 1. The normalized spacial score (nSPS) is 31.6. The highest BCUT2D eigenvalue weighted by atomic mass is 16.5. The lowest BCUT2D eigenvalue weighted by atomic mass is 9.80. The fraction of sp³-hybridized carbons (Fsp3) is 0.438. The van der Waals surface area contributed by atoms with Crippen molar-refractivity contribution >= 4 is 0 Å². The average molecular weight is 241 g/mol. The summed E-state index contributed by atoms with van der Waals surface area (Å²) >= 11 is 0. The molecule has 18 heavy (non-hydrogen) atoms. The fourth-order valence-corrected chi connectivity index (χ4v) is 2.53. The highest BCUT2D eigenvalue weighted by Crippen LogP contribution is 2.43. The summed E-state index contributed by atoms with van der Waals surface area (Å²) in [4.78, 5) is 0. The van der Waals surface area contributed by atoms with E-state index < -0.39 is 5.60 Å². The number of hydrogen-bond acceptors (Lipinski definition) is 2. The molecule has 0 saturated carbocycles. The first-order valence-corrected chi connectivity index (χ1v) is 6.35. The van der Waals surface area contributed by atoms with Gasteiger partial charge in [-0.3, -0.25) is 0 Å². The van der Waals surface area contributed by atoms with Crippen LogP contribution in [0.25, 0.3) is 0 Å². The maximum absolute atomic E-state index is 9.24. The lowest BCUT2D eigenvalue weighted by Crippen LogP contribution is -2.37. The number of hydrogen-bond donors (Lipinski definition) is 0. The van der Waals surface area contributed by atoms with E-state index in [0.29, 0.717) is 5.92 Å². The molecule has 2 rings (SSSR count). The second-order valence-electron chi connectivity index (χ2n) is 5.28. The maximum atomic E-state index is 9.24. The lowest BCUT2D eigenvalue weighted by Gasteiger charge is -2.40. The van der Waals surface area contributed by atoms with Crippen LogP contribution in [-0.2, 0) is 4.74 Å². The molecule has 2 heteroatoms. The molecule has 1 aromatic carbocycles. The molecule has 0 bridgehead atoms. The summed E-state index contributed by atoms with van der Waals surface area (Å²) in [5.41, 5.74) is 1.59. The lowest BCUT2D eigenvalue weighted by molar-refractivity contribution is -0.108. The van der Waals surface area contributed by atoms with E-state index in [1.54, 1.807) is 0 Å². The molecule has 0 unspecified atom stereocenters. The van der Waals surface area contributed by atoms with Crippen LogP contribution in [0.5, 0.6) is 0 Å². The average Bonchev–Trinajstić information content (AvgIpc) is 2.39. The van der Waals surface area contributed by atoms with Gasteiger partial charge in [-0.25, -0.2) is 0 Å². The minimum Gasteiger partial charge on any atom is -0.352 e. The molecule has 1 aromatic rings. The van der Waals surface area contributed by atoms with Crippen molar-refractivity contribution in [2.24, 2.45) is 5.92 Å². The first-order chi connectivity index (χ1) is 8.56. The van der Waals surface area contributed by atoms with Gasteiger partial charge in [0.05, 0.1) is 12.2 Å². The smallest absolute Gasteiger partial charge is 0.152 e. The van der Waals surface area contributed by atoms with Gasteiger partial charge in [0, 0.05) is 5.92 Å². The Morgan fingerprint density at radius 2 is 2.11 bits per heavy atom. The molecule has 3 atom stereocenters. The van der Waals surface area contributed by atoms with E-state index in [2.05, 4.69) is 24.8 Å². The zero-order chi connectivity index (χ0) is 13.2. The van der Waals surface area contributed by atoms with E-state index in [4.69, 9.17) is 4.74 Å². The largest absolute Gasteiger partial charge is 0.352 e. The molecule has 1 fully saturated rings. The summed E-state index contributed by atoms with van der Waals surface area (Å²) in [5, 5.41) is 9.24. The van der Waals surface area contributed by atoms with Crippen LogP contribution in [0.4, 0.5) is 0 Å². The molecule has 0 amide bonds. The second-order valence-corrected chi connectivity index (χ2v) is 5.28. The Balaban J connectivity index is 2.32. The van der Waals surface area contributed by atoms with Crippen LogP contribution in [0, 0.1) is 17.2 Å². The Labute approximate surface area is 109 Å². The summed E-state index contributed by atoms with van der Waals surface area (Å²) in [6.07, 6.45) is 1.67. The van der Waals surface area contributed by atoms with Gasteiger partial charge in [-0.1, -0.05) is 42.5 Å². The Morgan fingerprint density at radius 3 is 2.67 bits per heavy atom. The summed E-state index contributed by atoms with van der Waals surface area (Å²) < 4.78 is 6.06. The minimum absolute atomic E-state index is 0.0536. The van der Waals surface area contributed by atoms with Crippen molar-refractivity contribution in [1.29, 1.82) is 5.26 Å². The second kappa shape index (κ2) is 4.96. The predicted octanol–water partition coefficient (Wildman–Crippen LogP) is 4.01. The van der Waals surface area contributed by atoms with E-state index in [-0.39, 0.29) is 6.10 Å². The zero-order valence-electron chi connectivity index (χ0n) is 11.0. The van der Waals surface area contributed by atoms with E-state index in [0.717, 1.165) is 24.0 Å². The fourth-order valence-electron chi connectivity index (χ4n) is 2.53. The van der Waals surface area contributed by atoms with Crippen molar-refractivity contribution in [3.63, 3.8) is 0 Å². The highest BCUT2D eigenvalue weighted by molar-refractivity contribution is 5.23. The van der Waals surface area contributed by atoms with Gasteiger partial charge in [-0.15, -0.1) is 0 Å². The van der Waals surface area contributed by atoms with Gasteiger partial charge in [0.25, 0.3) is 0 Å². The quantitative estimate of drug-likeness (QED) is 0.733. The SMILES string of the molecule is C=C(C)[C@H]1CC[C@](C)(C#N)O[C@@H]1c1ccccc1. The molecule has 0 N–H and O–H groups in total. The van der Waals surface area contributed by atoms with Gasteiger partial charge >= 0.3 is 0 Å². The summed E-state index contributed by atoms with van der Waals surface area (Å²) in [7, 11) is 0. The molecule has 0 radical (unpaired) electrons. The summed E-state index contributed by atoms with van der Waals surface area (Å²) in [5.74, 6) is 0.300. The molecular weight excluding hydrogens is 222 g/mol. The Morgan fingerprint density at radius 1 is 1.44 bits per heavy atom. The molecule has 0 aromatic heterocycles. The number of nitriles is 1. The third-order valence-corrected chi connectivity index (χ3v) is 3.68. The third-order valence-electron chi connectivity index (χ3n) is 3.68. The first-order valence-electron chi connectivity index (χ1n) is 6.35. The van der Waals surface area contributed by atoms with Crippen LogP contribution in [0.2, 0.25) is 0 Å². The van der Waals surface area contributed by atoms with Crippen molar-refractivity contribution in [3.05, 3.63) is 48.0 Å². The number of rotatable bonds is 2. The predicted molar refractivity (Wildman–Crippen MR) is 71.8 cm³/mol. The molecule has 0 aliphatic carbocycles. The molecular formula is C16H19NO. The number of ether oxygens (including phenoxy) is 1. The van der Waals surface area contributed by atoms with E-state index in [1.807, 2.05) is 32.0 Å². The zero-order valence-corrected chi connectivity index (χ0v) is 11.0. The Hall–Kier alpha value is -1.59. The molecule has 2 nitrogen and oxygen atoms in total. The Kier molecular flexibility index (Phi) is 3.54. The van der Waals surface area contributed by atoms with Gasteiger partial charge < -0.3 is 4.74 Å². The van der Waals surface area contributed by atoms with Crippen molar-refractivity contribution < 1.29 is 4.74 Å². The van der Waals surface area contributed by atoms with Crippen LogP contribution in [-0.4, -0.2) is 5.60 Å². The first kappa shape index (κ1) is 12.9.